The van der Waals surface area contributed by atoms with Gasteiger partial charge < -0.3 is 20.1 Å². The second kappa shape index (κ2) is 15.9. The summed E-state index contributed by atoms with van der Waals surface area (Å²) in [5, 5.41) is 6.62. The quantitative estimate of drug-likeness (QED) is 0.167. The number of nitrogens with one attached hydrogen (secondary N) is 2. The molecule has 2 N–H and O–H groups in total. The topological polar surface area (TPSA) is 54.9 Å². The summed E-state index contributed by atoms with van der Waals surface area (Å²) in [4.78, 5) is 4.68. The van der Waals surface area contributed by atoms with Gasteiger partial charge in [0.15, 0.2) is 5.96 Å². The van der Waals surface area contributed by atoms with Crippen LogP contribution in [0.3, 0.4) is 0 Å². The predicted octanol–water partition coefficient (Wildman–Crippen LogP) is 4.05. The molecular formula is C20H34IN3O2. The number of aliphatic imine (C=N–C) groups is 1. The van der Waals surface area contributed by atoms with Crippen molar-refractivity contribution in [2.45, 2.75) is 40.7 Å². The van der Waals surface area contributed by atoms with Crippen LogP contribution in [0.1, 0.15) is 38.3 Å². The van der Waals surface area contributed by atoms with Crippen LogP contribution in [0, 0.1) is 6.92 Å². The maximum atomic E-state index is 5.88. The summed E-state index contributed by atoms with van der Waals surface area (Å²) in [5.74, 6) is 1.71. The minimum Gasteiger partial charge on any atom is -0.491 e. The molecule has 0 saturated carbocycles. The van der Waals surface area contributed by atoms with Crippen molar-refractivity contribution in [3.63, 3.8) is 0 Å². The lowest BCUT2D eigenvalue weighted by Gasteiger charge is -2.13. The van der Waals surface area contributed by atoms with E-state index in [1.54, 1.807) is 0 Å². The Balaban J connectivity index is 0.00000625. The molecule has 0 saturated heterocycles. The van der Waals surface area contributed by atoms with E-state index in [0.717, 1.165) is 36.8 Å². The Kier molecular flexibility index (Phi) is 15.2. The molecule has 0 spiro atoms. The Hall–Kier alpha value is -1.28. The number of rotatable bonds is 11. The van der Waals surface area contributed by atoms with Gasteiger partial charge in [-0.2, -0.15) is 0 Å². The summed E-state index contributed by atoms with van der Waals surface area (Å²) >= 11 is 0. The lowest BCUT2D eigenvalue weighted by atomic mass is 10.1. The highest BCUT2D eigenvalue weighted by atomic mass is 127. The SMILES string of the molecule is C/C=C/CCNC(=NCc1ccc(C)cc1OCCOCC)NCC.I. The predicted molar refractivity (Wildman–Crippen MR) is 121 cm³/mol. The van der Waals surface area contributed by atoms with Crippen LogP contribution in [-0.2, 0) is 11.3 Å². The lowest BCUT2D eigenvalue weighted by Crippen LogP contribution is -2.37. The summed E-state index contributed by atoms with van der Waals surface area (Å²) in [6, 6.07) is 6.23. The van der Waals surface area contributed by atoms with Crippen LogP contribution in [-0.4, -0.2) is 38.9 Å². The molecule has 0 fully saturated rings. The van der Waals surface area contributed by atoms with Crippen LogP contribution in [0.2, 0.25) is 0 Å². The Labute approximate surface area is 175 Å². The monoisotopic (exact) mass is 475 g/mol. The Morgan fingerprint density at radius 2 is 2.00 bits per heavy atom. The normalized spacial score (nSPS) is 11.3. The second-order valence-corrected chi connectivity index (χ2v) is 5.64. The van der Waals surface area contributed by atoms with Gasteiger partial charge in [0, 0.05) is 25.3 Å². The summed E-state index contributed by atoms with van der Waals surface area (Å²) in [6.07, 6.45) is 5.18. The number of allylic oxidation sites excluding steroid dienone is 1. The van der Waals surface area contributed by atoms with Gasteiger partial charge in [-0.1, -0.05) is 24.3 Å². The number of hydrogen-bond acceptors (Lipinski definition) is 3. The fraction of sp³-hybridized carbons (Fsp3) is 0.550. The van der Waals surface area contributed by atoms with E-state index in [1.807, 2.05) is 13.8 Å². The average molecular weight is 475 g/mol. The van der Waals surface area contributed by atoms with E-state index in [4.69, 9.17) is 9.47 Å². The first-order chi connectivity index (χ1) is 12.2. The van der Waals surface area contributed by atoms with E-state index in [0.29, 0.717) is 26.4 Å². The standard InChI is InChI=1S/C20H33N3O2.HI/c1-5-8-9-12-22-20(21-6-2)23-16-18-11-10-17(4)15-19(18)25-14-13-24-7-3;/h5,8,10-11,15H,6-7,9,12-14,16H2,1-4H3,(H2,21,22,23);1H/b8-5+;. The van der Waals surface area contributed by atoms with Gasteiger partial charge in [0.05, 0.1) is 13.2 Å². The molecule has 0 atom stereocenters. The van der Waals surface area contributed by atoms with E-state index in [9.17, 15) is 0 Å². The third kappa shape index (κ3) is 10.7. The first kappa shape index (κ1) is 24.7. The minimum absolute atomic E-state index is 0. The molecule has 148 valence electrons. The number of benzene rings is 1. The van der Waals surface area contributed by atoms with E-state index < -0.39 is 0 Å². The number of guanidine groups is 1. The summed E-state index contributed by atoms with van der Waals surface area (Å²) in [6.45, 7) is 12.3. The second-order valence-electron chi connectivity index (χ2n) is 5.64. The van der Waals surface area contributed by atoms with Crippen molar-refractivity contribution in [1.29, 1.82) is 0 Å². The smallest absolute Gasteiger partial charge is 0.191 e. The molecule has 0 unspecified atom stereocenters. The third-order valence-electron chi connectivity index (χ3n) is 3.50. The molecule has 0 heterocycles. The lowest BCUT2D eigenvalue weighted by molar-refractivity contribution is 0.110. The van der Waals surface area contributed by atoms with Crippen LogP contribution >= 0.6 is 24.0 Å². The third-order valence-corrected chi connectivity index (χ3v) is 3.50. The first-order valence-electron chi connectivity index (χ1n) is 9.14. The number of aryl methyl sites for hydroxylation is 1. The molecule has 0 aromatic heterocycles. The zero-order chi connectivity index (χ0) is 18.3. The molecule has 0 radical (unpaired) electrons. The van der Waals surface area contributed by atoms with Crippen LogP contribution in [0.15, 0.2) is 35.3 Å². The molecule has 0 aliphatic carbocycles. The van der Waals surface area contributed by atoms with Gasteiger partial charge in [0.2, 0.25) is 0 Å². The van der Waals surface area contributed by atoms with Crippen LogP contribution in [0.5, 0.6) is 5.75 Å². The minimum atomic E-state index is 0. The highest BCUT2D eigenvalue weighted by Gasteiger charge is 2.05. The fourth-order valence-electron chi connectivity index (χ4n) is 2.23. The molecule has 1 rings (SSSR count). The van der Waals surface area contributed by atoms with Gasteiger partial charge in [0.25, 0.3) is 0 Å². The van der Waals surface area contributed by atoms with Crippen LogP contribution < -0.4 is 15.4 Å². The van der Waals surface area contributed by atoms with Crippen molar-refractivity contribution in [2.24, 2.45) is 4.99 Å². The van der Waals surface area contributed by atoms with Crippen molar-refractivity contribution in [2.75, 3.05) is 32.9 Å². The molecule has 26 heavy (non-hydrogen) atoms. The maximum absolute atomic E-state index is 5.88. The van der Waals surface area contributed by atoms with Crippen molar-refractivity contribution in [3.8, 4) is 5.75 Å². The molecule has 1 aromatic carbocycles. The average Bonchev–Trinajstić information content (AvgIpc) is 2.61. The Morgan fingerprint density at radius 1 is 1.19 bits per heavy atom. The number of ether oxygens (including phenoxy) is 2. The molecule has 5 nitrogen and oxygen atoms in total. The van der Waals surface area contributed by atoms with Crippen LogP contribution in [0.25, 0.3) is 0 Å². The van der Waals surface area contributed by atoms with Gasteiger partial charge in [-0.15, -0.1) is 24.0 Å². The molecule has 0 bridgehead atoms. The van der Waals surface area contributed by atoms with E-state index in [1.165, 1.54) is 5.56 Å². The van der Waals surface area contributed by atoms with Gasteiger partial charge in [0.1, 0.15) is 12.4 Å². The van der Waals surface area contributed by atoms with Crippen LogP contribution in [0.4, 0.5) is 0 Å². The molecule has 0 aliphatic rings. The largest absolute Gasteiger partial charge is 0.491 e. The van der Waals surface area contributed by atoms with E-state index in [-0.39, 0.29) is 24.0 Å². The zero-order valence-electron chi connectivity index (χ0n) is 16.5. The van der Waals surface area contributed by atoms with Gasteiger partial charge in [-0.3, -0.25) is 0 Å². The van der Waals surface area contributed by atoms with Gasteiger partial charge in [-0.05, 0) is 45.7 Å². The van der Waals surface area contributed by atoms with Crippen molar-refractivity contribution in [3.05, 3.63) is 41.5 Å². The Bertz CT molecular complexity index is 548. The summed E-state index contributed by atoms with van der Waals surface area (Å²) in [7, 11) is 0. The molecule has 0 amide bonds. The zero-order valence-corrected chi connectivity index (χ0v) is 18.8. The maximum Gasteiger partial charge on any atom is 0.191 e. The number of nitrogens with zero attached hydrogens (tertiary/aromatic N) is 1. The van der Waals surface area contributed by atoms with Crippen molar-refractivity contribution >= 4 is 29.9 Å². The summed E-state index contributed by atoms with van der Waals surface area (Å²) in [5.41, 5.74) is 2.25. The molecule has 6 heteroatoms. The van der Waals surface area contributed by atoms with Crippen molar-refractivity contribution < 1.29 is 9.47 Å². The van der Waals surface area contributed by atoms with E-state index in [2.05, 4.69) is 59.8 Å². The summed E-state index contributed by atoms with van der Waals surface area (Å²) < 4.78 is 11.2. The highest BCUT2D eigenvalue weighted by Crippen LogP contribution is 2.21. The molecule has 1 aromatic rings. The number of halogens is 1. The number of hydrogen-bond donors (Lipinski definition) is 2. The van der Waals surface area contributed by atoms with Gasteiger partial charge in [-0.25, -0.2) is 4.99 Å². The molecule has 0 aliphatic heterocycles. The highest BCUT2D eigenvalue weighted by molar-refractivity contribution is 14.0. The molecular weight excluding hydrogens is 441 g/mol. The van der Waals surface area contributed by atoms with Crippen molar-refractivity contribution in [1.82, 2.24) is 10.6 Å². The van der Waals surface area contributed by atoms with E-state index >= 15 is 0 Å². The first-order valence-corrected chi connectivity index (χ1v) is 9.14. The Morgan fingerprint density at radius 3 is 2.69 bits per heavy atom. The van der Waals surface area contributed by atoms with Gasteiger partial charge >= 0.3 is 0 Å². The fourth-order valence-corrected chi connectivity index (χ4v) is 2.23.